The number of nitrogens with one attached hydrogen (secondary N) is 1. The van der Waals surface area contributed by atoms with Crippen LogP contribution in [0.4, 0.5) is 5.69 Å². The van der Waals surface area contributed by atoms with Crippen molar-refractivity contribution in [2.24, 2.45) is 0 Å². The van der Waals surface area contributed by atoms with Gasteiger partial charge in [0.05, 0.1) is 5.69 Å². The molecule has 21 heavy (non-hydrogen) atoms. The molecule has 0 spiro atoms. The molecule has 1 aliphatic heterocycles. The molecular formula is C15H25N3O2S. The van der Waals surface area contributed by atoms with Gasteiger partial charge in [-0.1, -0.05) is 19.8 Å². The van der Waals surface area contributed by atoms with Crippen molar-refractivity contribution in [3.8, 4) is 0 Å². The van der Waals surface area contributed by atoms with Crippen LogP contribution in [-0.4, -0.2) is 36.8 Å². The molecule has 0 radical (unpaired) electrons. The lowest BCUT2D eigenvalue weighted by molar-refractivity contribution is 0.239. The van der Waals surface area contributed by atoms with Gasteiger partial charge in [-0.2, -0.15) is 4.31 Å². The molecule has 1 aromatic rings. The fraction of sp³-hybridized carbons (Fsp3) is 0.667. The van der Waals surface area contributed by atoms with Crippen molar-refractivity contribution in [1.29, 1.82) is 0 Å². The van der Waals surface area contributed by atoms with Gasteiger partial charge >= 0.3 is 0 Å². The molecule has 2 rings (SSSR count). The number of pyridine rings is 1. The summed E-state index contributed by atoms with van der Waals surface area (Å²) < 4.78 is 27.7. The zero-order valence-corrected chi connectivity index (χ0v) is 13.7. The maximum absolute atomic E-state index is 13.0. The maximum Gasteiger partial charge on any atom is 0.246 e. The van der Waals surface area contributed by atoms with Crippen LogP contribution >= 0.6 is 0 Å². The Bertz CT molecular complexity index is 558. The van der Waals surface area contributed by atoms with E-state index < -0.39 is 10.0 Å². The number of anilines is 1. The lowest BCUT2D eigenvalue weighted by atomic mass is 10.0. The molecule has 118 valence electrons. The molecule has 1 unspecified atom stereocenters. The topological polar surface area (TPSA) is 62.3 Å². The predicted octanol–water partition coefficient (Wildman–Crippen LogP) is 2.86. The minimum Gasteiger partial charge on any atom is -0.384 e. The molecule has 1 N–H and O–H groups in total. The Balaban J connectivity index is 2.36. The van der Waals surface area contributed by atoms with E-state index >= 15 is 0 Å². The monoisotopic (exact) mass is 311 g/mol. The molecule has 0 aromatic carbocycles. The number of piperidine rings is 1. The van der Waals surface area contributed by atoms with Crippen molar-refractivity contribution in [1.82, 2.24) is 9.29 Å². The van der Waals surface area contributed by atoms with Crippen molar-refractivity contribution in [3.63, 3.8) is 0 Å². The van der Waals surface area contributed by atoms with Crippen molar-refractivity contribution in [2.45, 2.75) is 56.9 Å². The van der Waals surface area contributed by atoms with Crippen LogP contribution in [0.15, 0.2) is 23.4 Å². The van der Waals surface area contributed by atoms with Gasteiger partial charge in [0.1, 0.15) is 4.90 Å². The van der Waals surface area contributed by atoms with Gasteiger partial charge in [-0.05, 0) is 32.3 Å². The molecule has 1 saturated heterocycles. The van der Waals surface area contributed by atoms with Crippen molar-refractivity contribution in [2.75, 3.05) is 18.4 Å². The highest BCUT2D eigenvalue weighted by atomic mass is 32.2. The summed E-state index contributed by atoms with van der Waals surface area (Å²) in [7, 11) is -3.48. The van der Waals surface area contributed by atoms with E-state index in [0.717, 1.165) is 32.1 Å². The van der Waals surface area contributed by atoms with Crippen LogP contribution in [0.25, 0.3) is 0 Å². The second kappa shape index (κ2) is 7.22. The summed E-state index contributed by atoms with van der Waals surface area (Å²) in [6.07, 6.45) is 8.03. The van der Waals surface area contributed by atoms with Gasteiger partial charge in [0.25, 0.3) is 0 Å². The van der Waals surface area contributed by atoms with Crippen LogP contribution in [0.1, 0.15) is 46.0 Å². The van der Waals surface area contributed by atoms with Gasteiger partial charge < -0.3 is 5.32 Å². The smallest absolute Gasteiger partial charge is 0.246 e. The summed E-state index contributed by atoms with van der Waals surface area (Å²) in [5, 5.41) is 3.12. The first-order valence-electron chi connectivity index (χ1n) is 7.81. The van der Waals surface area contributed by atoms with E-state index in [1.165, 1.54) is 6.20 Å². The number of aromatic nitrogens is 1. The number of sulfonamides is 1. The summed E-state index contributed by atoms with van der Waals surface area (Å²) in [4.78, 5) is 4.31. The number of hydrogen-bond donors (Lipinski definition) is 1. The molecule has 1 atom stereocenters. The van der Waals surface area contributed by atoms with Crippen LogP contribution in [0.3, 0.4) is 0 Å². The first kappa shape index (κ1) is 16.2. The van der Waals surface area contributed by atoms with Gasteiger partial charge in [0.2, 0.25) is 10.0 Å². The zero-order chi connectivity index (χ0) is 15.3. The fourth-order valence-electron chi connectivity index (χ4n) is 2.96. The van der Waals surface area contributed by atoms with Gasteiger partial charge in [-0.15, -0.1) is 0 Å². The van der Waals surface area contributed by atoms with E-state index in [4.69, 9.17) is 0 Å². The fourth-order valence-corrected chi connectivity index (χ4v) is 4.80. The highest BCUT2D eigenvalue weighted by molar-refractivity contribution is 7.89. The Morgan fingerprint density at radius 3 is 2.90 bits per heavy atom. The van der Waals surface area contributed by atoms with Gasteiger partial charge in [0.15, 0.2) is 0 Å². The molecule has 1 aromatic heterocycles. The molecule has 0 amide bonds. The Morgan fingerprint density at radius 2 is 2.19 bits per heavy atom. The van der Waals surface area contributed by atoms with Crippen molar-refractivity contribution >= 4 is 15.7 Å². The molecule has 1 aliphatic rings. The Kier molecular flexibility index (Phi) is 5.58. The summed E-state index contributed by atoms with van der Waals surface area (Å²) in [5.74, 6) is 0. The lowest BCUT2D eigenvalue weighted by Gasteiger charge is -2.35. The summed E-state index contributed by atoms with van der Waals surface area (Å²) in [6, 6.07) is 1.86. The third kappa shape index (κ3) is 3.55. The van der Waals surface area contributed by atoms with Crippen LogP contribution in [0.2, 0.25) is 0 Å². The first-order chi connectivity index (χ1) is 10.1. The lowest BCUT2D eigenvalue weighted by Crippen LogP contribution is -2.43. The van der Waals surface area contributed by atoms with Crippen molar-refractivity contribution < 1.29 is 8.42 Å². The molecule has 2 heterocycles. The molecule has 1 fully saturated rings. The third-order valence-corrected chi connectivity index (χ3v) is 5.91. The normalized spacial score (nSPS) is 20.4. The summed E-state index contributed by atoms with van der Waals surface area (Å²) in [5.41, 5.74) is 0.647. The maximum atomic E-state index is 13.0. The largest absolute Gasteiger partial charge is 0.384 e. The van der Waals surface area contributed by atoms with Crippen LogP contribution in [0, 0.1) is 0 Å². The second-order valence-corrected chi connectivity index (χ2v) is 7.32. The summed E-state index contributed by atoms with van der Waals surface area (Å²) in [6.45, 7) is 5.36. The SMILES string of the molecule is CCCC1CCCCN1S(=O)(=O)c1cnccc1NCC. The average molecular weight is 311 g/mol. The molecule has 0 aliphatic carbocycles. The number of hydrogen-bond acceptors (Lipinski definition) is 4. The Hall–Kier alpha value is -1.14. The van der Waals surface area contributed by atoms with Gasteiger partial charge in [-0.25, -0.2) is 8.42 Å². The van der Waals surface area contributed by atoms with E-state index in [-0.39, 0.29) is 6.04 Å². The Labute approximate surface area is 127 Å². The zero-order valence-electron chi connectivity index (χ0n) is 12.9. The third-order valence-electron chi connectivity index (χ3n) is 3.93. The first-order valence-corrected chi connectivity index (χ1v) is 9.25. The summed E-state index contributed by atoms with van der Waals surface area (Å²) >= 11 is 0. The second-order valence-electron chi connectivity index (χ2n) is 5.46. The number of nitrogens with zero attached hydrogens (tertiary/aromatic N) is 2. The highest BCUT2D eigenvalue weighted by Gasteiger charge is 2.34. The van der Waals surface area contributed by atoms with E-state index in [2.05, 4.69) is 17.2 Å². The number of rotatable bonds is 6. The van der Waals surface area contributed by atoms with E-state index in [0.29, 0.717) is 23.7 Å². The molecule has 5 nitrogen and oxygen atoms in total. The minimum atomic E-state index is -3.48. The van der Waals surface area contributed by atoms with E-state index in [1.807, 2.05) is 6.92 Å². The van der Waals surface area contributed by atoms with Crippen LogP contribution in [0.5, 0.6) is 0 Å². The molecule has 6 heteroatoms. The minimum absolute atomic E-state index is 0.128. The molecule has 0 saturated carbocycles. The highest BCUT2D eigenvalue weighted by Crippen LogP contribution is 2.30. The average Bonchev–Trinajstić information content (AvgIpc) is 2.49. The van der Waals surface area contributed by atoms with E-state index in [9.17, 15) is 8.42 Å². The standard InChI is InChI=1S/C15H25N3O2S/c1-3-7-13-8-5-6-11-18(13)21(19,20)15-12-16-10-9-14(15)17-4-2/h9-10,12-13H,3-8,11H2,1-2H3,(H,16,17). The Morgan fingerprint density at radius 1 is 1.38 bits per heavy atom. The van der Waals surface area contributed by atoms with E-state index in [1.54, 1.807) is 16.6 Å². The molecule has 0 bridgehead atoms. The van der Waals surface area contributed by atoms with Crippen molar-refractivity contribution in [3.05, 3.63) is 18.5 Å². The molecular weight excluding hydrogens is 286 g/mol. The van der Waals surface area contributed by atoms with Crippen LogP contribution < -0.4 is 5.32 Å². The predicted molar refractivity (Wildman–Crippen MR) is 84.8 cm³/mol. The van der Waals surface area contributed by atoms with Gasteiger partial charge in [-0.3, -0.25) is 4.98 Å². The van der Waals surface area contributed by atoms with Crippen LogP contribution in [-0.2, 0) is 10.0 Å². The van der Waals surface area contributed by atoms with Gasteiger partial charge in [0, 0.05) is 31.5 Å². The quantitative estimate of drug-likeness (QED) is 0.877.